The second-order valence-electron chi connectivity index (χ2n) is 7.00. The number of aromatic carboxylic acids is 1. The number of methoxy groups -OCH3 is 1. The summed E-state index contributed by atoms with van der Waals surface area (Å²) < 4.78 is 5.31. The first kappa shape index (κ1) is 20.4. The Morgan fingerprint density at radius 1 is 1.03 bits per heavy atom. The van der Waals surface area contributed by atoms with Gasteiger partial charge < -0.3 is 20.1 Å². The molecule has 0 aromatic heterocycles. The number of carboxylic acids is 1. The van der Waals surface area contributed by atoms with Crippen LogP contribution in [0.5, 0.6) is 5.75 Å². The summed E-state index contributed by atoms with van der Waals surface area (Å²) in [4.78, 5) is 37.7. The highest BCUT2D eigenvalue weighted by Crippen LogP contribution is 2.20. The summed E-state index contributed by atoms with van der Waals surface area (Å²) >= 11 is 0. The Kier molecular flexibility index (Phi) is 6.49. The van der Waals surface area contributed by atoms with Crippen molar-refractivity contribution in [1.82, 2.24) is 10.2 Å². The molecule has 7 nitrogen and oxygen atoms in total. The van der Waals surface area contributed by atoms with E-state index in [2.05, 4.69) is 5.32 Å². The molecule has 0 spiro atoms. The van der Waals surface area contributed by atoms with Crippen LogP contribution in [-0.4, -0.2) is 54.0 Å². The van der Waals surface area contributed by atoms with Crippen LogP contribution >= 0.6 is 0 Å². The third-order valence-electron chi connectivity index (χ3n) is 5.11. The largest absolute Gasteiger partial charge is 0.496 e. The molecule has 0 atom stereocenters. The molecule has 1 heterocycles. The number of amides is 2. The minimum Gasteiger partial charge on any atom is -0.496 e. The molecule has 2 aromatic rings. The zero-order valence-corrected chi connectivity index (χ0v) is 16.3. The zero-order chi connectivity index (χ0) is 20.8. The summed E-state index contributed by atoms with van der Waals surface area (Å²) in [5.41, 5.74) is 1.42. The van der Waals surface area contributed by atoms with Gasteiger partial charge in [-0.15, -0.1) is 0 Å². The number of carbonyl (C=O) groups excluding carboxylic acids is 2. The van der Waals surface area contributed by atoms with Gasteiger partial charge in [0.25, 0.3) is 5.91 Å². The van der Waals surface area contributed by atoms with Gasteiger partial charge in [-0.1, -0.05) is 18.2 Å². The zero-order valence-electron chi connectivity index (χ0n) is 16.3. The summed E-state index contributed by atoms with van der Waals surface area (Å²) in [6.07, 6.45) is 1.64. The SMILES string of the molecule is COc1ccccc1CC(=O)N1CCC(NC(=O)c2ccc(C(=O)O)cc2)CC1. The molecule has 29 heavy (non-hydrogen) atoms. The Labute approximate surface area is 169 Å². The number of hydrogen-bond acceptors (Lipinski definition) is 4. The van der Waals surface area contributed by atoms with E-state index < -0.39 is 5.97 Å². The van der Waals surface area contributed by atoms with Gasteiger partial charge in [0.2, 0.25) is 5.91 Å². The van der Waals surface area contributed by atoms with Gasteiger partial charge in [-0.25, -0.2) is 4.79 Å². The van der Waals surface area contributed by atoms with Crippen molar-refractivity contribution >= 4 is 17.8 Å². The molecule has 0 saturated carbocycles. The molecule has 0 radical (unpaired) electrons. The van der Waals surface area contributed by atoms with Crippen molar-refractivity contribution in [2.24, 2.45) is 0 Å². The first-order chi connectivity index (χ1) is 14.0. The summed E-state index contributed by atoms with van der Waals surface area (Å²) in [7, 11) is 1.59. The Balaban J connectivity index is 1.50. The van der Waals surface area contributed by atoms with Crippen LogP contribution in [0.15, 0.2) is 48.5 Å². The van der Waals surface area contributed by atoms with Crippen molar-refractivity contribution in [2.45, 2.75) is 25.3 Å². The highest BCUT2D eigenvalue weighted by atomic mass is 16.5. The first-order valence-electron chi connectivity index (χ1n) is 9.52. The summed E-state index contributed by atoms with van der Waals surface area (Å²) in [6, 6.07) is 13.3. The lowest BCUT2D eigenvalue weighted by Gasteiger charge is -2.32. The van der Waals surface area contributed by atoms with E-state index >= 15 is 0 Å². The molecule has 1 aliphatic rings. The summed E-state index contributed by atoms with van der Waals surface area (Å²) in [5.74, 6) is -0.511. The van der Waals surface area contributed by atoms with Gasteiger partial charge in [0, 0.05) is 30.3 Å². The van der Waals surface area contributed by atoms with Crippen LogP contribution in [-0.2, 0) is 11.2 Å². The molecule has 0 unspecified atom stereocenters. The van der Waals surface area contributed by atoms with E-state index in [0.29, 0.717) is 37.2 Å². The molecule has 2 aromatic carbocycles. The molecule has 0 bridgehead atoms. The van der Waals surface area contributed by atoms with Gasteiger partial charge in [-0.05, 0) is 43.2 Å². The van der Waals surface area contributed by atoms with Crippen LogP contribution < -0.4 is 10.1 Å². The lowest BCUT2D eigenvalue weighted by atomic mass is 10.0. The lowest BCUT2D eigenvalue weighted by Crippen LogP contribution is -2.47. The predicted octanol–water partition coefficient (Wildman–Crippen LogP) is 2.36. The molecule has 2 amide bonds. The number of rotatable bonds is 6. The van der Waals surface area contributed by atoms with E-state index in [-0.39, 0.29) is 29.8 Å². The number of likely N-dealkylation sites (tertiary alicyclic amines) is 1. The number of nitrogens with zero attached hydrogens (tertiary/aromatic N) is 1. The fourth-order valence-corrected chi connectivity index (χ4v) is 3.43. The van der Waals surface area contributed by atoms with E-state index in [4.69, 9.17) is 9.84 Å². The molecule has 1 saturated heterocycles. The first-order valence-corrected chi connectivity index (χ1v) is 9.52. The van der Waals surface area contributed by atoms with E-state index in [9.17, 15) is 14.4 Å². The number of para-hydroxylation sites is 1. The van der Waals surface area contributed by atoms with E-state index in [0.717, 1.165) is 5.56 Å². The number of carboxylic acid groups (broad SMARTS) is 1. The van der Waals surface area contributed by atoms with Gasteiger partial charge in [-0.3, -0.25) is 9.59 Å². The van der Waals surface area contributed by atoms with Gasteiger partial charge in [0.15, 0.2) is 0 Å². The summed E-state index contributed by atoms with van der Waals surface area (Å²) in [5, 5.41) is 11.9. The maximum atomic E-state index is 12.6. The van der Waals surface area contributed by atoms with E-state index in [1.54, 1.807) is 7.11 Å². The Morgan fingerprint density at radius 2 is 1.66 bits per heavy atom. The highest BCUT2D eigenvalue weighted by molar-refractivity contribution is 5.96. The number of hydrogen-bond donors (Lipinski definition) is 2. The van der Waals surface area contributed by atoms with Crippen LogP contribution in [0, 0.1) is 0 Å². The topological polar surface area (TPSA) is 95.9 Å². The number of carbonyl (C=O) groups is 3. The van der Waals surface area contributed by atoms with Gasteiger partial charge in [-0.2, -0.15) is 0 Å². The monoisotopic (exact) mass is 396 g/mol. The minimum absolute atomic E-state index is 0.0167. The van der Waals surface area contributed by atoms with Crippen molar-refractivity contribution in [2.75, 3.05) is 20.2 Å². The molecule has 0 aliphatic carbocycles. The van der Waals surface area contributed by atoms with Crippen molar-refractivity contribution in [3.63, 3.8) is 0 Å². The van der Waals surface area contributed by atoms with Crippen LogP contribution in [0.1, 0.15) is 39.1 Å². The molecule has 1 aliphatic heterocycles. The van der Waals surface area contributed by atoms with Crippen molar-refractivity contribution in [3.8, 4) is 5.75 Å². The number of nitrogens with one attached hydrogen (secondary N) is 1. The lowest BCUT2D eigenvalue weighted by molar-refractivity contribution is -0.131. The standard InChI is InChI=1S/C22H24N2O5/c1-29-19-5-3-2-4-17(19)14-20(25)24-12-10-18(11-13-24)23-21(26)15-6-8-16(9-7-15)22(27)28/h2-9,18H,10-14H2,1H3,(H,23,26)(H,27,28). The second kappa shape index (κ2) is 9.23. The highest BCUT2D eigenvalue weighted by Gasteiger charge is 2.24. The van der Waals surface area contributed by atoms with E-state index in [1.165, 1.54) is 24.3 Å². The van der Waals surface area contributed by atoms with Crippen molar-refractivity contribution < 1.29 is 24.2 Å². The van der Waals surface area contributed by atoms with Crippen LogP contribution in [0.2, 0.25) is 0 Å². The fourth-order valence-electron chi connectivity index (χ4n) is 3.43. The van der Waals surface area contributed by atoms with Gasteiger partial charge in [0.05, 0.1) is 19.1 Å². The quantitative estimate of drug-likeness (QED) is 0.781. The Bertz CT molecular complexity index is 886. The average molecular weight is 396 g/mol. The minimum atomic E-state index is -1.03. The Morgan fingerprint density at radius 3 is 2.28 bits per heavy atom. The van der Waals surface area contributed by atoms with Crippen LogP contribution in [0.3, 0.4) is 0 Å². The number of piperidine rings is 1. The smallest absolute Gasteiger partial charge is 0.335 e. The van der Waals surface area contributed by atoms with Crippen molar-refractivity contribution in [1.29, 1.82) is 0 Å². The Hall–Kier alpha value is -3.35. The van der Waals surface area contributed by atoms with Gasteiger partial charge in [0.1, 0.15) is 5.75 Å². The number of ether oxygens (including phenoxy) is 1. The maximum absolute atomic E-state index is 12.6. The van der Waals surface area contributed by atoms with Crippen molar-refractivity contribution in [3.05, 3.63) is 65.2 Å². The third kappa shape index (κ3) is 5.13. The molecular weight excluding hydrogens is 372 g/mol. The van der Waals surface area contributed by atoms with Crippen LogP contribution in [0.4, 0.5) is 0 Å². The molecule has 7 heteroatoms. The molecular formula is C22H24N2O5. The molecule has 2 N–H and O–H groups in total. The molecule has 152 valence electrons. The van der Waals surface area contributed by atoms with E-state index in [1.807, 2.05) is 29.2 Å². The second-order valence-corrected chi connectivity index (χ2v) is 7.00. The maximum Gasteiger partial charge on any atom is 0.335 e. The normalized spacial score (nSPS) is 14.3. The van der Waals surface area contributed by atoms with Crippen LogP contribution in [0.25, 0.3) is 0 Å². The predicted molar refractivity (Wildman–Crippen MR) is 107 cm³/mol. The third-order valence-corrected chi connectivity index (χ3v) is 5.11. The number of benzene rings is 2. The fraction of sp³-hybridized carbons (Fsp3) is 0.318. The summed E-state index contributed by atoms with van der Waals surface area (Å²) in [6.45, 7) is 1.16. The average Bonchev–Trinajstić information content (AvgIpc) is 2.74. The molecule has 1 fully saturated rings. The van der Waals surface area contributed by atoms with Gasteiger partial charge >= 0.3 is 5.97 Å². The molecule has 3 rings (SSSR count).